The van der Waals surface area contributed by atoms with Gasteiger partial charge in [-0.1, -0.05) is 61.7 Å². The van der Waals surface area contributed by atoms with E-state index in [1.165, 1.54) is 34.7 Å². The molecule has 3 aromatic carbocycles. The molecule has 0 saturated heterocycles. The second-order valence-electron chi connectivity index (χ2n) is 7.57. The Balaban J connectivity index is 0.00000104. The molecule has 25 heavy (non-hydrogen) atoms. The van der Waals surface area contributed by atoms with E-state index in [0.717, 1.165) is 12.8 Å². The van der Waals surface area contributed by atoms with Gasteiger partial charge in [-0.25, -0.2) is 0 Å². The molecule has 0 N–H and O–H groups in total. The van der Waals surface area contributed by atoms with Crippen LogP contribution in [-0.4, -0.2) is 0 Å². The van der Waals surface area contributed by atoms with Crippen LogP contribution in [0.2, 0.25) is 0 Å². The summed E-state index contributed by atoms with van der Waals surface area (Å²) in [6, 6.07) is 20.4. The van der Waals surface area contributed by atoms with Crippen LogP contribution in [0.3, 0.4) is 0 Å². The fraction of sp³-hybridized carbons (Fsp3) is 0.292. The molecule has 1 heteroatoms. The fourth-order valence-electron chi connectivity index (χ4n) is 3.97. The molecule has 3 aromatic rings. The maximum atomic E-state index is 2.47. The van der Waals surface area contributed by atoms with E-state index in [9.17, 15) is 0 Å². The third kappa shape index (κ3) is 4.56. The maximum absolute atomic E-state index is 2.47. The summed E-state index contributed by atoms with van der Waals surface area (Å²) in [5, 5.41) is 2.91. The van der Waals surface area contributed by atoms with Crippen LogP contribution in [0.5, 0.6) is 0 Å². The van der Waals surface area contributed by atoms with Crippen molar-refractivity contribution in [1.29, 1.82) is 0 Å². The van der Waals surface area contributed by atoms with Crippen LogP contribution in [0.4, 0.5) is 0 Å². The molecule has 1 aliphatic rings. The summed E-state index contributed by atoms with van der Waals surface area (Å²) >= 11 is 0. The number of hydrogen-bond acceptors (Lipinski definition) is 0. The van der Waals surface area contributed by atoms with Gasteiger partial charge in [0.25, 0.3) is 0 Å². The Morgan fingerprint density at radius 1 is 0.920 bits per heavy atom. The molecule has 0 unspecified atom stereocenters. The molecule has 0 amide bonds. The van der Waals surface area contributed by atoms with E-state index in [1.807, 2.05) is 0 Å². The van der Waals surface area contributed by atoms with Gasteiger partial charge in [-0.3, -0.25) is 0 Å². The molecule has 4 rings (SSSR count). The first kappa shape index (κ1) is 22.0. The van der Waals surface area contributed by atoms with Crippen LogP contribution < -0.4 is 0 Å². The number of fused-ring (bicyclic) bond motifs is 2. The van der Waals surface area contributed by atoms with Crippen molar-refractivity contribution in [3.63, 3.8) is 0 Å². The zero-order chi connectivity index (χ0) is 15.2. The number of aryl methyl sites for hydroxylation is 2. The molecule has 0 bridgehead atoms. The molecular weight excluding hydrogens is 467 g/mol. The summed E-state index contributed by atoms with van der Waals surface area (Å²) in [6.07, 6.45) is 4.71. The summed E-state index contributed by atoms with van der Waals surface area (Å²) in [5.74, 6) is 0. The van der Waals surface area contributed by atoms with E-state index in [2.05, 4.69) is 68.4 Å². The molecule has 0 nitrogen and oxygen atoms in total. The minimum atomic E-state index is 0. The molecular formula is C24H29Hf-3. The van der Waals surface area contributed by atoms with Crippen LogP contribution in [0.25, 0.3) is 10.8 Å². The maximum Gasteiger partial charge on any atom is 0 e. The van der Waals surface area contributed by atoms with Crippen molar-refractivity contribution in [3.05, 3.63) is 91.7 Å². The summed E-state index contributed by atoms with van der Waals surface area (Å²) in [6.45, 7) is 4.77. The Kier molecular flexibility index (Phi) is 7.50. The van der Waals surface area contributed by atoms with E-state index in [1.54, 1.807) is 11.1 Å². The van der Waals surface area contributed by atoms with E-state index >= 15 is 0 Å². The van der Waals surface area contributed by atoms with Crippen LogP contribution in [0, 0.1) is 20.3 Å². The minimum Gasteiger partial charge on any atom is -0.358 e. The fourth-order valence-corrected chi connectivity index (χ4v) is 3.97. The van der Waals surface area contributed by atoms with Gasteiger partial charge in [0.1, 0.15) is 0 Å². The molecule has 0 spiro atoms. The Hall–Kier alpha value is -1.08. The predicted molar refractivity (Wildman–Crippen MR) is 107 cm³/mol. The van der Waals surface area contributed by atoms with Gasteiger partial charge in [-0.15, -0.1) is 34.5 Å². The topological polar surface area (TPSA) is 0 Å². The molecule has 0 aliphatic heterocycles. The van der Waals surface area contributed by atoms with Gasteiger partial charge in [-0.2, -0.15) is 6.07 Å². The van der Waals surface area contributed by atoms with Crippen molar-refractivity contribution >= 4 is 10.8 Å². The number of benzene rings is 2. The second kappa shape index (κ2) is 8.54. The first-order valence-electron chi connectivity index (χ1n) is 8.35. The Labute approximate surface area is 172 Å². The van der Waals surface area contributed by atoms with Gasteiger partial charge in [0.05, 0.1) is 0 Å². The first-order chi connectivity index (χ1) is 10.6. The predicted octanol–water partition coefficient (Wildman–Crippen LogP) is 6.37. The third-order valence-corrected chi connectivity index (χ3v) is 5.05. The van der Waals surface area contributed by atoms with Gasteiger partial charge in [0, 0.05) is 25.8 Å². The average molecular weight is 496 g/mol. The Morgan fingerprint density at radius 3 is 2.24 bits per heavy atom. The minimum absolute atomic E-state index is 0. The van der Waals surface area contributed by atoms with Crippen LogP contribution >= 0.6 is 0 Å². The monoisotopic (exact) mass is 497 g/mol. The first-order valence-corrected chi connectivity index (χ1v) is 8.35. The molecule has 0 atom stereocenters. The smallest absolute Gasteiger partial charge is 0 e. The Morgan fingerprint density at radius 2 is 1.56 bits per heavy atom. The molecule has 0 saturated carbocycles. The molecule has 0 heterocycles. The van der Waals surface area contributed by atoms with Crippen molar-refractivity contribution in [2.75, 3.05) is 0 Å². The van der Waals surface area contributed by atoms with E-state index in [4.69, 9.17) is 0 Å². The van der Waals surface area contributed by atoms with Crippen molar-refractivity contribution in [2.45, 2.75) is 39.5 Å². The zero-order valence-electron chi connectivity index (χ0n) is 16.0. The van der Waals surface area contributed by atoms with Crippen molar-refractivity contribution < 1.29 is 25.8 Å². The molecule has 0 fully saturated rings. The van der Waals surface area contributed by atoms with E-state index in [-0.39, 0.29) is 40.7 Å². The van der Waals surface area contributed by atoms with Crippen molar-refractivity contribution in [1.82, 2.24) is 0 Å². The van der Waals surface area contributed by atoms with Gasteiger partial charge in [0.2, 0.25) is 0 Å². The second-order valence-corrected chi connectivity index (χ2v) is 7.57. The third-order valence-electron chi connectivity index (χ3n) is 5.05. The normalized spacial score (nSPS) is 14.2. The summed E-state index contributed by atoms with van der Waals surface area (Å²) in [7, 11) is 0. The largest absolute Gasteiger partial charge is 0.358 e. The molecule has 132 valence electrons. The quantitative estimate of drug-likeness (QED) is 0.293. The van der Waals surface area contributed by atoms with E-state index < -0.39 is 0 Å². The number of rotatable bonds is 3. The molecule has 0 radical (unpaired) electrons. The number of hydrogen-bond donors (Lipinski definition) is 0. The molecule has 0 aromatic heterocycles. The van der Waals surface area contributed by atoms with Crippen molar-refractivity contribution in [3.8, 4) is 0 Å². The van der Waals surface area contributed by atoms with Crippen molar-refractivity contribution in [2.24, 2.45) is 5.41 Å². The van der Waals surface area contributed by atoms with Crippen LogP contribution in [0.15, 0.2) is 54.6 Å². The average Bonchev–Trinajstić information content (AvgIpc) is 3.01. The standard InChI is InChI=1S/C22H23.2CH3.Hf/c1-22(2)14-19-12-18-11-10-17(21(18)13-20(19)15-22)9-8-16-6-4-3-5-7-16;;;/h3-7,10-13H,8-9,14-15H2,1-2H3;2*1H3;/q3*-1;. The SMILES string of the molecule is CC1(C)Cc2cc3cc[c-](CCc4ccccc4)c3cc2C1.[CH3-].[CH3-].[Hf]. The van der Waals surface area contributed by atoms with Gasteiger partial charge < -0.3 is 14.9 Å². The Bertz CT molecular complexity index is 809. The van der Waals surface area contributed by atoms with Gasteiger partial charge >= 0.3 is 0 Å². The summed E-state index contributed by atoms with van der Waals surface area (Å²) in [4.78, 5) is 0. The zero-order valence-corrected chi connectivity index (χ0v) is 19.6. The van der Waals surface area contributed by atoms with Crippen LogP contribution in [-0.2, 0) is 51.5 Å². The van der Waals surface area contributed by atoms with Crippen LogP contribution in [0.1, 0.15) is 36.1 Å². The summed E-state index contributed by atoms with van der Waals surface area (Å²) in [5.41, 5.74) is 6.51. The van der Waals surface area contributed by atoms with Gasteiger partial charge in [0.15, 0.2) is 0 Å². The van der Waals surface area contributed by atoms with Gasteiger partial charge in [-0.05, 0) is 30.2 Å². The van der Waals surface area contributed by atoms with E-state index in [0.29, 0.717) is 5.41 Å². The summed E-state index contributed by atoms with van der Waals surface area (Å²) < 4.78 is 0. The molecule has 1 aliphatic carbocycles.